The summed E-state index contributed by atoms with van der Waals surface area (Å²) in [6.07, 6.45) is -0.0567. The van der Waals surface area contributed by atoms with Crippen LogP contribution in [-0.4, -0.2) is 77.8 Å². The van der Waals surface area contributed by atoms with E-state index < -0.39 is 12.1 Å². The Morgan fingerprint density at radius 3 is 2.19 bits per heavy atom. The number of methoxy groups -OCH3 is 1. The maximum absolute atomic E-state index is 13.0. The molecule has 198 valence electrons. The van der Waals surface area contributed by atoms with E-state index in [4.69, 9.17) is 14.6 Å². The molecule has 1 saturated heterocycles. The molecule has 36 heavy (non-hydrogen) atoms. The molecule has 1 amide bonds. The topological polar surface area (TPSA) is 83.0 Å². The standard InChI is InChI=1S/C23H30FN3O2.C2HF3O2/c1-26(23(28)15-19-5-8-21(17-29-2)25-16-19)22-10-13-27(14-11-22)12-9-18-3-6-20(24)7-4-18;3-2(4,5)1(6)7/h3-8,16,22H,9-15,17H2,1-2H3;(H,6,7). The second kappa shape index (κ2) is 13.9. The minimum atomic E-state index is -5.08. The Kier molecular flexibility index (Phi) is 11.3. The lowest BCUT2D eigenvalue weighted by Crippen LogP contribution is -2.46. The number of ether oxygens (including phenoxy) is 1. The molecule has 0 bridgehead atoms. The van der Waals surface area contributed by atoms with Gasteiger partial charge < -0.3 is 19.6 Å². The van der Waals surface area contributed by atoms with E-state index >= 15 is 0 Å². The number of rotatable bonds is 8. The third kappa shape index (κ3) is 9.90. The first kappa shape index (κ1) is 29.2. The molecule has 1 aliphatic heterocycles. The fourth-order valence-corrected chi connectivity index (χ4v) is 3.76. The number of likely N-dealkylation sites (tertiary alicyclic amines) is 1. The largest absolute Gasteiger partial charge is 0.490 e. The van der Waals surface area contributed by atoms with Crippen LogP contribution in [0.3, 0.4) is 0 Å². The van der Waals surface area contributed by atoms with Crippen LogP contribution in [0.15, 0.2) is 42.6 Å². The van der Waals surface area contributed by atoms with Crippen molar-refractivity contribution >= 4 is 11.9 Å². The summed E-state index contributed by atoms with van der Waals surface area (Å²) in [4.78, 5) is 30.2. The fourth-order valence-electron chi connectivity index (χ4n) is 3.76. The summed E-state index contributed by atoms with van der Waals surface area (Å²) in [5.41, 5.74) is 2.95. The maximum Gasteiger partial charge on any atom is 0.490 e. The summed E-state index contributed by atoms with van der Waals surface area (Å²) in [6.45, 7) is 3.41. The summed E-state index contributed by atoms with van der Waals surface area (Å²) in [5, 5.41) is 7.12. The number of hydrogen-bond acceptors (Lipinski definition) is 5. The van der Waals surface area contributed by atoms with Gasteiger partial charge in [0.1, 0.15) is 5.82 Å². The Hall–Kier alpha value is -3.05. The number of pyridine rings is 1. The van der Waals surface area contributed by atoms with Gasteiger partial charge in [-0.15, -0.1) is 0 Å². The number of aromatic nitrogens is 1. The van der Waals surface area contributed by atoms with Crippen LogP contribution < -0.4 is 0 Å². The number of carbonyl (C=O) groups is 2. The van der Waals surface area contributed by atoms with Gasteiger partial charge in [-0.2, -0.15) is 13.2 Å². The maximum atomic E-state index is 13.0. The van der Waals surface area contributed by atoms with Crippen LogP contribution in [0.5, 0.6) is 0 Å². The van der Waals surface area contributed by atoms with Gasteiger partial charge in [-0.25, -0.2) is 9.18 Å². The molecule has 1 fully saturated rings. The third-order valence-corrected chi connectivity index (χ3v) is 5.90. The molecular weight excluding hydrogens is 482 g/mol. The van der Waals surface area contributed by atoms with Crippen molar-refractivity contribution in [1.82, 2.24) is 14.8 Å². The molecule has 0 spiro atoms. The van der Waals surface area contributed by atoms with E-state index in [1.807, 2.05) is 36.2 Å². The van der Waals surface area contributed by atoms with Crippen LogP contribution in [0.4, 0.5) is 17.6 Å². The first-order chi connectivity index (χ1) is 17.0. The van der Waals surface area contributed by atoms with Gasteiger partial charge in [0.15, 0.2) is 0 Å². The Morgan fingerprint density at radius 1 is 1.11 bits per heavy atom. The summed E-state index contributed by atoms with van der Waals surface area (Å²) in [5.74, 6) is -2.81. The molecule has 3 rings (SSSR count). The smallest absolute Gasteiger partial charge is 0.475 e. The van der Waals surface area contributed by atoms with Crippen molar-refractivity contribution in [3.63, 3.8) is 0 Å². The average Bonchev–Trinajstić information content (AvgIpc) is 2.85. The van der Waals surface area contributed by atoms with Crippen molar-refractivity contribution in [1.29, 1.82) is 0 Å². The summed E-state index contributed by atoms with van der Waals surface area (Å²) in [7, 11) is 3.55. The van der Waals surface area contributed by atoms with Crippen LogP contribution in [0, 0.1) is 5.82 Å². The number of aliphatic carboxylic acids is 1. The first-order valence-corrected chi connectivity index (χ1v) is 11.4. The predicted octanol–water partition coefficient (Wildman–Crippen LogP) is 3.71. The monoisotopic (exact) mass is 513 g/mol. The van der Waals surface area contributed by atoms with Crippen LogP contribution in [0.25, 0.3) is 0 Å². The number of carboxylic acid groups (broad SMARTS) is 1. The first-order valence-electron chi connectivity index (χ1n) is 11.4. The van der Waals surface area contributed by atoms with E-state index in [0.717, 1.165) is 55.7 Å². The quantitative estimate of drug-likeness (QED) is 0.542. The van der Waals surface area contributed by atoms with Crippen LogP contribution >= 0.6 is 0 Å². The van der Waals surface area contributed by atoms with Gasteiger partial charge in [0, 0.05) is 46.0 Å². The molecular formula is C25H31F4N3O4. The number of piperidine rings is 1. The van der Waals surface area contributed by atoms with Gasteiger partial charge in [0.25, 0.3) is 0 Å². The Balaban J connectivity index is 0.000000572. The van der Waals surface area contributed by atoms with Gasteiger partial charge in [-0.3, -0.25) is 9.78 Å². The summed E-state index contributed by atoms with van der Waals surface area (Å²) in [6, 6.07) is 10.9. The molecule has 2 heterocycles. The van der Waals surface area contributed by atoms with Crippen molar-refractivity contribution in [2.24, 2.45) is 0 Å². The van der Waals surface area contributed by atoms with Crippen LogP contribution in [0.1, 0.15) is 29.7 Å². The molecule has 7 nitrogen and oxygen atoms in total. The van der Waals surface area contributed by atoms with E-state index in [0.29, 0.717) is 13.0 Å². The Bertz CT molecular complexity index is 961. The molecule has 1 aromatic heterocycles. The van der Waals surface area contributed by atoms with Gasteiger partial charge in [-0.05, 0) is 48.6 Å². The van der Waals surface area contributed by atoms with Crippen molar-refractivity contribution in [2.45, 2.75) is 44.5 Å². The van der Waals surface area contributed by atoms with Gasteiger partial charge in [0.2, 0.25) is 5.91 Å². The molecule has 0 radical (unpaired) electrons. The number of carbonyl (C=O) groups excluding carboxylic acids is 1. The SMILES string of the molecule is COCc1ccc(CC(=O)N(C)C2CCN(CCc3ccc(F)cc3)CC2)cn1.O=C(O)C(F)(F)F. The number of halogens is 4. The molecule has 0 atom stereocenters. The number of likely N-dealkylation sites (N-methyl/N-ethyl adjacent to an activating group) is 1. The minimum Gasteiger partial charge on any atom is -0.475 e. The highest BCUT2D eigenvalue weighted by Gasteiger charge is 2.38. The number of benzene rings is 1. The zero-order valence-electron chi connectivity index (χ0n) is 20.3. The van der Waals surface area contributed by atoms with Gasteiger partial charge in [-0.1, -0.05) is 18.2 Å². The van der Waals surface area contributed by atoms with Crippen molar-refractivity contribution in [3.05, 3.63) is 65.2 Å². The summed E-state index contributed by atoms with van der Waals surface area (Å²) < 4.78 is 49.8. The van der Waals surface area contributed by atoms with Gasteiger partial charge >= 0.3 is 12.1 Å². The van der Waals surface area contributed by atoms with E-state index in [1.54, 1.807) is 13.3 Å². The zero-order chi connectivity index (χ0) is 26.7. The van der Waals surface area contributed by atoms with Crippen LogP contribution in [0.2, 0.25) is 0 Å². The second-order valence-corrected chi connectivity index (χ2v) is 8.52. The number of carboxylic acids is 1. The molecule has 0 aliphatic carbocycles. The highest BCUT2D eigenvalue weighted by Crippen LogP contribution is 2.17. The second-order valence-electron chi connectivity index (χ2n) is 8.52. The fraction of sp³-hybridized carbons (Fsp3) is 0.480. The van der Waals surface area contributed by atoms with E-state index in [2.05, 4.69) is 9.88 Å². The van der Waals surface area contributed by atoms with Crippen molar-refractivity contribution < 1.29 is 37.0 Å². The molecule has 0 saturated carbocycles. The normalized spacial score (nSPS) is 14.6. The van der Waals surface area contributed by atoms with Crippen molar-refractivity contribution in [2.75, 3.05) is 33.8 Å². The van der Waals surface area contributed by atoms with E-state index in [1.165, 1.54) is 12.1 Å². The van der Waals surface area contributed by atoms with Gasteiger partial charge in [0.05, 0.1) is 18.7 Å². The summed E-state index contributed by atoms with van der Waals surface area (Å²) >= 11 is 0. The Morgan fingerprint density at radius 2 is 1.69 bits per heavy atom. The van der Waals surface area contributed by atoms with E-state index in [-0.39, 0.29) is 17.8 Å². The minimum absolute atomic E-state index is 0.135. The number of alkyl halides is 3. The predicted molar refractivity (Wildman–Crippen MR) is 125 cm³/mol. The Labute approximate surface area is 207 Å². The number of nitrogens with zero attached hydrogens (tertiary/aromatic N) is 3. The highest BCUT2D eigenvalue weighted by atomic mass is 19.4. The lowest BCUT2D eigenvalue weighted by molar-refractivity contribution is -0.192. The molecule has 11 heteroatoms. The third-order valence-electron chi connectivity index (χ3n) is 5.90. The number of hydrogen-bond donors (Lipinski definition) is 1. The van der Waals surface area contributed by atoms with Crippen molar-refractivity contribution in [3.8, 4) is 0 Å². The average molecular weight is 514 g/mol. The van der Waals surface area contributed by atoms with Crippen LogP contribution in [-0.2, 0) is 33.8 Å². The molecule has 1 aliphatic rings. The highest BCUT2D eigenvalue weighted by molar-refractivity contribution is 5.78. The molecule has 1 N–H and O–H groups in total. The number of amides is 1. The molecule has 0 unspecified atom stereocenters. The molecule has 1 aromatic carbocycles. The lowest BCUT2D eigenvalue weighted by Gasteiger charge is -2.37. The zero-order valence-corrected chi connectivity index (χ0v) is 20.3. The lowest BCUT2D eigenvalue weighted by atomic mass is 10.0. The molecule has 2 aromatic rings. The van der Waals surface area contributed by atoms with E-state index in [9.17, 15) is 22.4 Å².